The first-order chi connectivity index (χ1) is 11.1. The summed E-state index contributed by atoms with van der Waals surface area (Å²) in [6, 6.07) is 0. The lowest BCUT2D eigenvalue weighted by Crippen LogP contribution is -2.41. The van der Waals surface area contributed by atoms with Crippen molar-refractivity contribution in [2.45, 2.75) is 40.0 Å². The maximum absolute atomic E-state index is 12.5. The second kappa shape index (κ2) is 12.4. The summed E-state index contributed by atoms with van der Waals surface area (Å²) in [6.45, 7) is 9.40. The van der Waals surface area contributed by atoms with E-state index >= 15 is 0 Å². The molecule has 0 aliphatic heterocycles. The highest BCUT2D eigenvalue weighted by Gasteiger charge is 2.47. The van der Waals surface area contributed by atoms with Crippen LogP contribution in [-0.4, -0.2) is 25.2 Å². The van der Waals surface area contributed by atoms with Crippen molar-refractivity contribution in [3.8, 4) is 0 Å². The van der Waals surface area contributed by atoms with Gasteiger partial charge in [0, 0.05) is 0 Å². The van der Waals surface area contributed by atoms with E-state index in [-0.39, 0.29) is 19.6 Å². The fraction of sp³-hybridized carbons (Fsp3) is 0.474. The predicted octanol–water partition coefficient (Wildman–Crippen LogP) is 4.14. The summed E-state index contributed by atoms with van der Waals surface area (Å²) in [5.41, 5.74) is -1.31. The highest BCUT2D eigenvalue weighted by molar-refractivity contribution is 6.00. The van der Waals surface area contributed by atoms with Gasteiger partial charge in [-0.2, -0.15) is 0 Å². The molecule has 0 aromatic rings. The van der Waals surface area contributed by atoms with Crippen LogP contribution in [0.1, 0.15) is 40.0 Å². The zero-order valence-electron chi connectivity index (χ0n) is 14.4. The Balaban J connectivity index is 5.48. The minimum atomic E-state index is -1.31. The highest BCUT2D eigenvalue weighted by atomic mass is 16.6. The van der Waals surface area contributed by atoms with Crippen LogP contribution in [0, 0.1) is 5.41 Å². The Morgan fingerprint density at radius 1 is 1.00 bits per heavy atom. The van der Waals surface area contributed by atoms with Gasteiger partial charge < -0.3 is 9.47 Å². The standard InChI is InChI=1S/C19H28O4/c1-5-9-11-13-15-19(17(20)22-7-3,18(21)23-8-4)16-14-12-10-6-2/h5-6,9-12,14H,1,7-8,13,15-16H2,2-4H3/b10-6+,11-9+,14-12+. The van der Waals surface area contributed by atoms with E-state index in [2.05, 4.69) is 6.58 Å². The average molecular weight is 320 g/mol. The van der Waals surface area contributed by atoms with Crippen LogP contribution in [-0.2, 0) is 19.1 Å². The van der Waals surface area contributed by atoms with Gasteiger partial charge in [0.2, 0.25) is 0 Å². The molecule has 0 saturated carbocycles. The lowest BCUT2D eigenvalue weighted by molar-refractivity contribution is -0.172. The van der Waals surface area contributed by atoms with Crippen LogP contribution in [0.5, 0.6) is 0 Å². The van der Waals surface area contributed by atoms with Crippen molar-refractivity contribution in [1.82, 2.24) is 0 Å². The molecule has 0 heterocycles. The Morgan fingerprint density at radius 2 is 1.61 bits per heavy atom. The Kier molecular flexibility index (Phi) is 11.3. The lowest BCUT2D eigenvalue weighted by atomic mass is 9.79. The van der Waals surface area contributed by atoms with Crippen molar-refractivity contribution in [2.75, 3.05) is 13.2 Å². The number of esters is 2. The third-order valence-corrected chi connectivity index (χ3v) is 3.25. The molecule has 0 aliphatic rings. The van der Waals surface area contributed by atoms with Gasteiger partial charge in [-0.15, -0.1) is 0 Å². The summed E-state index contributed by atoms with van der Waals surface area (Å²) < 4.78 is 10.3. The maximum Gasteiger partial charge on any atom is 0.323 e. The summed E-state index contributed by atoms with van der Waals surface area (Å²) in [7, 11) is 0. The second-order valence-corrected chi connectivity index (χ2v) is 4.88. The third-order valence-electron chi connectivity index (χ3n) is 3.25. The highest BCUT2D eigenvalue weighted by Crippen LogP contribution is 2.33. The van der Waals surface area contributed by atoms with E-state index in [1.54, 1.807) is 32.1 Å². The topological polar surface area (TPSA) is 52.6 Å². The summed E-state index contributed by atoms with van der Waals surface area (Å²) in [4.78, 5) is 25.0. The number of carbonyl (C=O) groups excluding carboxylic acids is 2. The van der Waals surface area contributed by atoms with Crippen molar-refractivity contribution in [2.24, 2.45) is 5.41 Å². The van der Waals surface area contributed by atoms with Crippen LogP contribution in [0.2, 0.25) is 0 Å². The van der Waals surface area contributed by atoms with Crippen molar-refractivity contribution in [3.05, 3.63) is 49.1 Å². The Hall–Kier alpha value is -2.10. The van der Waals surface area contributed by atoms with Gasteiger partial charge in [0.15, 0.2) is 5.41 Å². The number of hydrogen-bond donors (Lipinski definition) is 0. The van der Waals surface area contributed by atoms with Gasteiger partial charge in [-0.1, -0.05) is 49.1 Å². The van der Waals surface area contributed by atoms with Gasteiger partial charge in [0.25, 0.3) is 0 Å². The van der Waals surface area contributed by atoms with Gasteiger partial charge in [0.1, 0.15) is 0 Å². The first kappa shape index (κ1) is 20.9. The quantitative estimate of drug-likeness (QED) is 0.326. The zero-order valence-corrected chi connectivity index (χ0v) is 14.4. The smallest absolute Gasteiger partial charge is 0.323 e. The number of rotatable bonds is 11. The first-order valence-electron chi connectivity index (χ1n) is 7.98. The first-order valence-corrected chi connectivity index (χ1v) is 7.98. The molecule has 0 rings (SSSR count). The Bertz CT molecular complexity index is 440. The van der Waals surface area contributed by atoms with Crippen LogP contribution < -0.4 is 0 Å². The van der Waals surface area contributed by atoms with Gasteiger partial charge in [0.05, 0.1) is 13.2 Å². The van der Waals surface area contributed by atoms with E-state index in [9.17, 15) is 9.59 Å². The molecule has 128 valence electrons. The van der Waals surface area contributed by atoms with Crippen LogP contribution in [0.3, 0.4) is 0 Å². The molecule has 0 saturated heterocycles. The molecule has 0 aromatic carbocycles. The molecule has 0 unspecified atom stereocenters. The molecule has 0 spiro atoms. The Morgan fingerprint density at radius 3 is 2.09 bits per heavy atom. The zero-order chi connectivity index (χ0) is 17.6. The lowest BCUT2D eigenvalue weighted by Gasteiger charge is -2.27. The Labute approximate surface area is 139 Å². The average Bonchev–Trinajstić information content (AvgIpc) is 2.54. The maximum atomic E-state index is 12.5. The molecular weight excluding hydrogens is 292 g/mol. The van der Waals surface area contributed by atoms with Crippen molar-refractivity contribution < 1.29 is 19.1 Å². The van der Waals surface area contributed by atoms with Gasteiger partial charge in [-0.25, -0.2) is 0 Å². The summed E-state index contributed by atoms with van der Waals surface area (Å²) in [5, 5.41) is 0. The largest absolute Gasteiger partial charge is 0.465 e. The third kappa shape index (κ3) is 7.13. The SMILES string of the molecule is C=C/C=C/CCC(C/C=C/C=C/C)(C(=O)OCC)C(=O)OCC. The monoisotopic (exact) mass is 320 g/mol. The van der Waals surface area contributed by atoms with Crippen LogP contribution in [0.4, 0.5) is 0 Å². The van der Waals surface area contributed by atoms with Crippen LogP contribution >= 0.6 is 0 Å². The molecule has 23 heavy (non-hydrogen) atoms. The fourth-order valence-electron chi connectivity index (χ4n) is 2.08. The molecule has 0 aliphatic carbocycles. The van der Waals surface area contributed by atoms with Crippen LogP contribution in [0.15, 0.2) is 49.1 Å². The summed E-state index contributed by atoms with van der Waals surface area (Å²) >= 11 is 0. The number of hydrogen-bond acceptors (Lipinski definition) is 4. The van der Waals surface area contributed by atoms with Crippen molar-refractivity contribution in [1.29, 1.82) is 0 Å². The molecule has 0 N–H and O–H groups in total. The fourth-order valence-corrected chi connectivity index (χ4v) is 2.08. The number of carbonyl (C=O) groups is 2. The van der Waals surface area contributed by atoms with E-state index in [1.807, 2.05) is 31.2 Å². The van der Waals surface area contributed by atoms with E-state index in [1.165, 1.54) is 0 Å². The molecule has 0 bridgehead atoms. The summed E-state index contributed by atoms with van der Waals surface area (Å²) in [5.74, 6) is -1.06. The van der Waals surface area contributed by atoms with E-state index in [0.717, 1.165) is 0 Å². The van der Waals surface area contributed by atoms with E-state index in [0.29, 0.717) is 12.8 Å². The van der Waals surface area contributed by atoms with E-state index < -0.39 is 17.4 Å². The minimum Gasteiger partial charge on any atom is -0.465 e. The molecule has 0 aromatic heterocycles. The number of ether oxygens (including phenoxy) is 2. The van der Waals surface area contributed by atoms with Gasteiger partial charge >= 0.3 is 11.9 Å². The normalized spacial score (nSPS) is 12.1. The molecular formula is C19H28O4. The van der Waals surface area contributed by atoms with Crippen molar-refractivity contribution in [3.63, 3.8) is 0 Å². The van der Waals surface area contributed by atoms with Crippen LogP contribution in [0.25, 0.3) is 0 Å². The molecule has 4 nitrogen and oxygen atoms in total. The number of allylic oxidation sites excluding steroid dienone is 7. The van der Waals surface area contributed by atoms with Crippen molar-refractivity contribution >= 4 is 11.9 Å². The second-order valence-electron chi connectivity index (χ2n) is 4.88. The molecule has 0 fully saturated rings. The van der Waals surface area contributed by atoms with Gasteiger partial charge in [-0.3, -0.25) is 9.59 Å². The predicted molar refractivity (Wildman–Crippen MR) is 92.8 cm³/mol. The molecule has 4 heteroatoms. The summed E-state index contributed by atoms with van der Waals surface area (Å²) in [6.07, 6.45) is 13.8. The van der Waals surface area contributed by atoms with Gasteiger partial charge in [-0.05, 0) is 40.0 Å². The molecule has 0 radical (unpaired) electrons. The molecule has 0 atom stereocenters. The minimum absolute atomic E-state index is 0.223. The molecule has 0 amide bonds. The van der Waals surface area contributed by atoms with E-state index in [4.69, 9.17) is 9.47 Å².